The van der Waals surface area contributed by atoms with Gasteiger partial charge in [0.2, 0.25) is 0 Å². The van der Waals surface area contributed by atoms with Crippen molar-refractivity contribution in [2.24, 2.45) is 5.10 Å². The summed E-state index contributed by atoms with van der Waals surface area (Å²) in [6.07, 6.45) is 3.89. The molecule has 0 atom stereocenters. The number of aromatic nitrogens is 1. The van der Waals surface area contributed by atoms with Gasteiger partial charge in [-0.25, -0.2) is 4.98 Å². The van der Waals surface area contributed by atoms with Crippen LogP contribution in [-0.2, 0) is 0 Å². The van der Waals surface area contributed by atoms with E-state index in [9.17, 15) is 0 Å². The lowest BCUT2D eigenvalue weighted by molar-refractivity contribution is 0.662. The van der Waals surface area contributed by atoms with Crippen LogP contribution in [0.3, 0.4) is 0 Å². The molecule has 68 valence electrons. The molecule has 4 heteroatoms. The van der Waals surface area contributed by atoms with Crippen molar-refractivity contribution in [3.63, 3.8) is 0 Å². The molecule has 1 N–H and O–H groups in total. The van der Waals surface area contributed by atoms with E-state index in [0.29, 0.717) is 5.15 Å². The summed E-state index contributed by atoms with van der Waals surface area (Å²) in [7, 11) is 0. The van der Waals surface area contributed by atoms with E-state index in [1.54, 1.807) is 12.3 Å². The molecule has 0 fully saturated rings. The third kappa shape index (κ3) is 1.98. The molecule has 1 aliphatic heterocycles. The highest BCUT2D eigenvalue weighted by atomic mass is 35.5. The number of nitrogens with one attached hydrogen (secondary N) is 1. The molecule has 0 aliphatic carbocycles. The Morgan fingerprint density at radius 3 is 2.92 bits per heavy atom. The highest BCUT2D eigenvalue weighted by Gasteiger charge is 2.07. The van der Waals surface area contributed by atoms with Gasteiger partial charge in [-0.2, -0.15) is 5.10 Å². The number of hydrogen-bond acceptors (Lipinski definition) is 3. The molecule has 2 rings (SSSR count). The van der Waals surface area contributed by atoms with E-state index in [1.807, 2.05) is 6.07 Å². The Hall–Kier alpha value is -1.09. The van der Waals surface area contributed by atoms with Crippen molar-refractivity contribution in [3.8, 4) is 0 Å². The van der Waals surface area contributed by atoms with Crippen molar-refractivity contribution in [1.29, 1.82) is 0 Å². The molecule has 0 radical (unpaired) electrons. The lowest BCUT2D eigenvalue weighted by Gasteiger charge is -2.12. The van der Waals surface area contributed by atoms with Crippen LogP contribution >= 0.6 is 11.6 Å². The van der Waals surface area contributed by atoms with Crippen LogP contribution in [0.1, 0.15) is 18.4 Å². The topological polar surface area (TPSA) is 37.3 Å². The fourth-order valence-electron chi connectivity index (χ4n) is 1.30. The average Bonchev–Trinajstić information content (AvgIpc) is 2.20. The number of hydrogen-bond donors (Lipinski definition) is 1. The molecule has 2 heterocycles. The molecule has 0 spiro atoms. The maximum Gasteiger partial charge on any atom is 0.129 e. The lowest BCUT2D eigenvalue weighted by atomic mass is 10.1. The monoisotopic (exact) mass is 195 g/mol. The Kier molecular flexibility index (Phi) is 2.45. The Balaban J connectivity index is 2.24. The Morgan fingerprint density at radius 2 is 2.31 bits per heavy atom. The second-order valence-corrected chi connectivity index (χ2v) is 3.33. The second kappa shape index (κ2) is 3.75. The van der Waals surface area contributed by atoms with Crippen LogP contribution < -0.4 is 5.43 Å². The van der Waals surface area contributed by atoms with Gasteiger partial charge in [-0.1, -0.05) is 11.6 Å². The largest absolute Gasteiger partial charge is 0.310 e. The van der Waals surface area contributed by atoms with Gasteiger partial charge in [0.15, 0.2) is 0 Å². The van der Waals surface area contributed by atoms with Crippen molar-refractivity contribution in [3.05, 3.63) is 29.0 Å². The molecule has 0 saturated carbocycles. The number of halogens is 1. The SMILES string of the molecule is Clc1ccc(C2=NNCCC2)cn1. The standard InChI is InChI=1S/C9H10ClN3/c10-9-4-3-7(6-11-9)8-2-1-5-12-13-8/h3-4,6,12H,1-2,5H2. The van der Waals surface area contributed by atoms with Crippen molar-refractivity contribution in [2.45, 2.75) is 12.8 Å². The third-order valence-corrected chi connectivity index (χ3v) is 2.20. The minimum atomic E-state index is 0.521. The summed E-state index contributed by atoms with van der Waals surface area (Å²) >= 11 is 5.68. The molecule has 0 amide bonds. The second-order valence-electron chi connectivity index (χ2n) is 2.94. The Labute approximate surface area is 81.8 Å². The first-order valence-electron chi connectivity index (χ1n) is 4.27. The predicted octanol–water partition coefficient (Wildman–Crippen LogP) is 1.82. The van der Waals surface area contributed by atoms with Gasteiger partial charge >= 0.3 is 0 Å². The summed E-state index contributed by atoms with van der Waals surface area (Å²) in [5.74, 6) is 0. The Morgan fingerprint density at radius 1 is 1.38 bits per heavy atom. The van der Waals surface area contributed by atoms with E-state index < -0.39 is 0 Å². The van der Waals surface area contributed by atoms with E-state index in [4.69, 9.17) is 11.6 Å². The van der Waals surface area contributed by atoms with Crippen LogP contribution in [0, 0.1) is 0 Å². The first-order valence-corrected chi connectivity index (χ1v) is 4.65. The van der Waals surface area contributed by atoms with Gasteiger partial charge in [0.1, 0.15) is 5.15 Å². The van der Waals surface area contributed by atoms with Gasteiger partial charge in [-0.3, -0.25) is 0 Å². The van der Waals surface area contributed by atoms with E-state index in [-0.39, 0.29) is 0 Å². The first kappa shape index (κ1) is 8.51. The minimum absolute atomic E-state index is 0.521. The van der Waals surface area contributed by atoms with Gasteiger partial charge in [0.25, 0.3) is 0 Å². The van der Waals surface area contributed by atoms with Gasteiger partial charge < -0.3 is 5.43 Å². The van der Waals surface area contributed by atoms with Crippen molar-refractivity contribution in [1.82, 2.24) is 10.4 Å². The maximum atomic E-state index is 5.68. The Bertz CT molecular complexity index is 318. The van der Waals surface area contributed by atoms with Crippen molar-refractivity contribution >= 4 is 17.3 Å². The fraction of sp³-hybridized carbons (Fsp3) is 0.333. The molecule has 0 bridgehead atoms. The minimum Gasteiger partial charge on any atom is -0.310 e. The predicted molar refractivity (Wildman–Crippen MR) is 53.0 cm³/mol. The summed E-state index contributed by atoms with van der Waals surface area (Å²) < 4.78 is 0. The van der Waals surface area contributed by atoms with Crippen LogP contribution in [0.5, 0.6) is 0 Å². The highest BCUT2D eigenvalue weighted by Crippen LogP contribution is 2.10. The number of nitrogens with zero attached hydrogens (tertiary/aromatic N) is 2. The molecule has 1 aromatic heterocycles. The zero-order valence-electron chi connectivity index (χ0n) is 7.13. The molecular formula is C9H10ClN3. The van der Waals surface area contributed by atoms with Crippen LogP contribution in [0.4, 0.5) is 0 Å². The van der Waals surface area contributed by atoms with E-state index in [0.717, 1.165) is 30.7 Å². The molecule has 0 aromatic carbocycles. The first-order chi connectivity index (χ1) is 6.36. The summed E-state index contributed by atoms with van der Waals surface area (Å²) in [4.78, 5) is 4.01. The zero-order chi connectivity index (χ0) is 9.10. The van der Waals surface area contributed by atoms with Crippen molar-refractivity contribution < 1.29 is 0 Å². The summed E-state index contributed by atoms with van der Waals surface area (Å²) in [6.45, 7) is 0.963. The van der Waals surface area contributed by atoms with Crippen LogP contribution in [0.25, 0.3) is 0 Å². The van der Waals surface area contributed by atoms with Crippen LogP contribution in [-0.4, -0.2) is 17.2 Å². The van der Waals surface area contributed by atoms with Crippen LogP contribution in [0.15, 0.2) is 23.4 Å². The average molecular weight is 196 g/mol. The quantitative estimate of drug-likeness (QED) is 0.695. The zero-order valence-corrected chi connectivity index (χ0v) is 7.88. The molecule has 3 nitrogen and oxygen atoms in total. The summed E-state index contributed by atoms with van der Waals surface area (Å²) in [5.41, 5.74) is 5.09. The normalized spacial score (nSPS) is 16.2. The van der Waals surface area contributed by atoms with Crippen molar-refractivity contribution in [2.75, 3.05) is 6.54 Å². The van der Waals surface area contributed by atoms with Gasteiger partial charge in [0.05, 0.1) is 5.71 Å². The summed E-state index contributed by atoms with van der Waals surface area (Å²) in [5, 5.41) is 4.73. The van der Waals surface area contributed by atoms with Gasteiger partial charge in [-0.15, -0.1) is 0 Å². The lowest BCUT2D eigenvalue weighted by Crippen LogP contribution is -2.19. The molecule has 1 aromatic rings. The van der Waals surface area contributed by atoms with Crippen LogP contribution in [0.2, 0.25) is 5.15 Å². The molecule has 0 unspecified atom stereocenters. The maximum absolute atomic E-state index is 5.68. The molecule has 0 saturated heterocycles. The van der Waals surface area contributed by atoms with Gasteiger partial charge in [0, 0.05) is 18.3 Å². The van der Waals surface area contributed by atoms with Gasteiger partial charge in [-0.05, 0) is 25.0 Å². The smallest absolute Gasteiger partial charge is 0.129 e. The molecule has 13 heavy (non-hydrogen) atoms. The van der Waals surface area contributed by atoms with E-state index in [2.05, 4.69) is 15.5 Å². The highest BCUT2D eigenvalue weighted by molar-refractivity contribution is 6.29. The molecule has 1 aliphatic rings. The van der Waals surface area contributed by atoms with E-state index in [1.165, 1.54) is 0 Å². The number of pyridine rings is 1. The molecular weight excluding hydrogens is 186 g/mol. The van der Waals surface area contributed by atoms with E-state index >= 15 is 0 Å². The number of hydrazone groups is 1. The fourth-order valence-corrected chi connectivity index (χ4v) is 1.41. The number of rotatable bonds is 1. The third-order valence-electron chi connectivity index (χ3n) is 1.98. The summed E-state index contributed by atoms with van der Waals surface area (Å²) in [6, 6.07) is 3.73.